The lowest BCUT2D eigenvalue weighted by atomic mass is 9.60. The highest BCUT2D eigenvalue weighted by Crippen LogP contribution is 2.55. The normalized spacial score (nSPS) is 24.1. The molecule has 0 unspecified atom stereocenters. The number of nitrogens with zero attached hydrogens (tertiary/aromatic N) is 3. The number of halogens is 1. The van der Waals surface area contributed by atoms with Crippen LogP contribution in [0.1, 0.15) is 39.5 Å². The van der Waals surface area contributed by atoms with Gasteiger partial charge in [0.25, 0.3) is 0 Å². The third kappa shape index (κ3) is 3.42. The fourth-order valence-electron chi connectivity index (χ4n) is 5.68. The molecule has 1 aromatic carbocycles. The number of azo groups is 1. The van der Waals surface area contributed by atoms with E-state index in [0.717, 1.165) is 29.3 Å². The molecule has 1 spiro atoms. The van der Waals surface area contributed by atoms with E-state index in [2.05, 4.69) is 29.4 Å². The maximum absolute atomic E-state index is 13.8. The Morgan fingerprint density at radius 3 is 2.61 bits per heavy atom. The topological polar surface area (TPSA) is 100 Å². The molecule has 5 rings (SSSR count). The van der Waals surface area contributed by atoms with Crippen LogP contribution in [-0.4, -0.2) is 45.3 Å². The van der Waals surface area contributed by atoms with Crippen LogP contribution in [0, 0.1) is 16.6 Å². The van der Waals surface area contributed by atoms with Crippen LogP contribution >= 0.6 is 0 Å². The standard InChI is InChI=1S/C23H27FN4O4S/c1-22(2)11-17-20(18(29)12-22)23(15-13-25-27-21(15)26-17)6-8-28(9-7-23)33(30,31)14-4-5-16(24)19(10-14)32-3/h4-5,10,26H,6-9,11-13H2,1-3H3. The number of benzene rings is 1. The van der Waals surface area contributed by atoms with Crippen LogP contribution in [0.4, 0.5) is 4.39 Å². The number of sulfonamides is 1. The van der Waals surface area contributed by atoms with Crippen molar-refractivity contribution in [1.82, 2.24) is 9.62 Å². The van der Waals surface area contributed by atoms with Crippen molar-refractivity contribution in [3.8, 4) is 5.75 Å². The van der Waals surface area contributed by atoms with Gasteiger partial charge in [-0.25, -0.2) is 12.8 Å². The summed E-state index contributed by atoms with van der Waals surface area (Å²) in [6, 6.07) is 3.56. The Balaban J connectivity index is 1.48. The number of carbonyl (C=O) groups is 1. The van der Waals surface area contributed by atoms with Crippen LogP contribution in [0.5, 0.6) is 5.75 Å². The number of piperidine rings is 1. The number of carbonyl (C=O) groups excluding carboxylic acids is 1. The molecule has 1 saturated heterocycles. The first-order valence-corrected chi connectivity index (χ1v) is 12.5. The van der Waals surface area contributed by atoms with E-state index in [1.54, 1.807) is 0 Å². The Morgan fingerprint density at radius 1 is 1.18 bits per heavy atom. The van der Waals surface area contributed by atoms with Crippen molar-refractivity contribution in [2.45, 2.75) is 44.4 Å². The maximum atomic E-state index is 13.8. The number of nitrogens with one attached hydrogen (secondary N) is 1. The zero-order chi connectivity index (χ0) is 23.6. The summed E-state index contributed by atoms with van der Waals surface area (Å²) < 4.78 is 46.8. The largest absolute Gasteiger partial charge is 0.494 e. The third-order valence-corrected chi connectivity index (χ3v) is 9.12. The first-order valence-electron chi connectivity index (χ1n) is 11.1. The summed E-state index contributed by atoms with van der Waals surface area (Å²) in [6.07, 6.45) is 2.14. The fraction of sp³-hybridized carbons (Fsp3) is 0.522. The SMILES string of the molecule is COc1cc(S(=O)(=O)N2CCC3(CC2)C2=C(N=NC2)NC2=C3C(=O)CC(C)(C)C2)ccc1F. The van der Waals surface area contributed by atoms with Crippen molar-refractivity contribution < 1.29 is 22.3 Å². The number of Topliss-reactive ketones (excluding diaryl/α,β-unsaturated/α-hetero) is 1. The molecule has 10 heteroatoms. The minimum absolute atomic E-state index is 0.0109. The monoisotopic (exact) mass is 474 g/mol. The van der Waals surface area contributed by atoms with E-state index >= 15 is 0 Å². The minimum Gasteiger partial charge on any atom is -0.494 e. The van der Waals surface area contributed by atoms with Crippen molar-refractivity contribution in [1.29, 1.82) is 0 Å². The number of methoxy groups -OCH3 is 1. The summed E-state index contributed by atoms with van der Waals surface area (Å²) in [5, 5.41) is 11.8. The van der Waals surface area contributed by atoms with Gasteiger partial charge in [0, 0.05) is 47.8 Å². The average Bonchev–Trinajstić information content (AvgIpc) is 3.22. The number of ketones is 1. The number of fused-ring (bicyclic) bond motifs is 2. The summed E-state index contributed by atoms with van der Waals surface area (Å²) in [5.41, 5.74) is 1.96. The molecule has 8 nitrogen and oxygen atoms in total. The van der Waals surface area contributed by atoms with E-state index in [9.17, 15) is 17.6 Å². The van der Waals surface area contributed by atoms with Gasteiger partial charge in [-0.3, -0.25) is 4.79 Å². The summed E-state index contributed by atoms with van der Waals surface area (Å²) in [7, 11) is -2.54. The Labute approximate surface area is 192 Å². The highest BCUT2D eigenvalue weighted by atomic mass is 32.2. The number of allylic oxidation sites excluding steroid dienone is 2. The zero-order valence-electron chi connectivity index (χ0n) is 18.9. The Bertz CT molecular complexity index is 1240. The highest BCUT2D eigenvalue weighted by molar-refractivity contribution is 7.89. The molecule has 4 aliphatic rings. The molecule has 33 heavy (non-hydrogen) atoms. The molecule has 0 aromatic heterocycles. The van der Waals surface area contributed by atoms with E-state index in [1.807, 2.05) is 0 Å². The molecular weight excluding hydrogens is 447 g/mol. The lowest BCUT2D eigenvalue weighted by Crippen LogP contribution is -2.50. The molecule has 176 valence electrons. The van der Waals surface area contributed by atoms with Gasteiger partial charge in [0.15, 0.2) is 23.2 Å². The van der Waals surface area contributed by atoms with Crippen LogP contribution in [0.15, 0.2) is 56.0 Å². The fourth-order valence-corrected chi connectivity index (χ4v) is 7.13. The molecule has 1 aromatic rings. The maximum Gasteiger partial charge on any atom is 0.243 e. The van der Waals surface area contributed by atoms with E-state index in [0.29, 0.717) is 31.6 Å². The Kier molecular flexibility index (Phi) is 5.02. The molecule has 1 fully saturated rings. The van der Waals surface area contributed by atoms with Crippen LogP contribution in [0.25, 0.3) is 0 Å². The second-order valence-corrected chi connectivity index (χ2v) is 11.9. The number of hydrogen-bond donors (Lipinski definition) is 1. The van der Waals surface area contributed by atoms with Gasteiger partial charge in [0.1, 0.15) is 0 Å². The van der Waals surface area contributed by atoms with Gasteiger partial charge in [0.2, 0.25) is 10.0 Å². The number of rotatable bonds is 3. The lowest BCUT2D eigenvalue weighted by Gasteiger charge is -2.48. The van der Waals surface area contributed by atoms with Crippen molar-refractivity contribution in [2.24, 2.45) is 21.1 Å². The summed E-state index contributed by atoms with van der Waals surface area (Å²) in [4.78, 5) is 13.3. The highest BCUT2D eigenvalue weighted by Gasteiger charge is 2.53. The lowest BCUT2D eigenvalue weighted by molar-refractivity contribution is -0.119. The quantitative estimate of drug-likeness (QED) is 0.722. The second-order valence-electron chi connectivity index (χ2n) is 9.93. The van der Waals surface area contributed by atoms with Crippen LogP contribution in [-0.2, 0) is 14.8 Å². The van der Waals surface area contributed by atoms with Gasteiger partial charge in [-0.2, -0.15) is 9.42 Å². The molecule has 1 N–H and O–H groups in total. The smallest absolute Gasteiger partial charge is 0.243 e. The van der Waals surface area contributed by atoms with Gasteiger partial charge in [-0.1, -0.05) is 13.8 Å². The van der Waals surface area contributed by atoms with Gasteiger partial charge < -0.3 is 10.1 Å². The predicted molar refractivity (Wildman–Crippen MR) is 118 cm³/mol. The van der Waals surface area contributed by atoms with Crippen molar-refractivity contribution in [3.05, 3.63) is 46.7 Å². The second kappa shape index (κ2) is 7.46. The molecular formula is C23H27FN4O4S. The Morgan fingerprint density at radius 2 is 1.91 bits per heavy atom. The Hall–Kier alpha value is -2.59. The zero-order valence-corrected chi connectivity index (χ0v) is 19.8. The van der Waals surface area contributed by atoms with E-state index in [4.69, 9.17) is 4.74 Å². The van der Waals surface area contributed by atoms with E-state index in [1.165, 1.54) is 23.5 Å². The van der Waals surface area contributed by atoms with Crippen LogP contribution < -0.4 is 10.1 Å². The molecule has 0 amide bonds. The van der Waals surface area contributed by atoms with Crippen molar-refractivity contribution in [2.75, 3.05) is 26.7 Å². The summed E-state index contributed by atoms with van der Waals surface area (Å²) in [6.45, 7) is 5.06. The first-order chi connectivity index (χ1) is 15.6. The number of hydrogen-bond acceptors (Lipinski definition) is 7. The molecule has 0 radical (unpaired) electrons. The van der Waals surface area contributed by atoms with Crippen LogP contribution in [0.2, 0.25) is 0 Å². The summed E-state index contributed by atoms with van der Waals surface area (Å²) >= 11 is 0. The van der Waals surface area contributed by atoms with Crippen LogP contribution in [0.3, 0.4) is 0 Å². The van der Waals surface area contributed by atoms with E-state index in [-0.39, 0.29) is 34.9 Å². The number of dihydropyridines is 1. The average molecular weight is 475 g/mol. The van der Waals surface area contributed by atoms with Crippen molar-refractivity contribution >= 4 is 15.8 Å². The molecule has 1 aliphatic carbocycles. The molecule has 0 bridgehead atoms. The van der Waals surface area contributed by atoms with Gasteiger partial charge in [-0.05, 0) is 36.8 Å². The van der Waals surface area contributed by atoms with Gasteiger partial charge in [0.05, 0.1) is 18.6 Å². The molecule has 0 saturated carbocycles. The number of ether oxygens (including phenoxy) is 1. The molecule has 3 heterocycles. The molecule has 3 aliphatic heterocycles. The predicted octanol–water partition coefficient (Wildman–Crippen LogP) is 3.53. The first kappa shape index (κ1) is 22.2. The summed E-state index contributed by atoms with van der Waals surface area (Å²) in [5.74, 6) is 0.0952. The third-order valence-electron chi connectivity index (χ3n) is 7.22. The van der Waals surface area contributed by atoms with Gasteiger partial charge in [-0.15, -0.1) is 5.11 Å². The van der Waals surface area contributed by atoms with Crippen molar-refractivity contribution in [3.63, 3.8) is 0 Å². The van der Waals surface area contributed by atoms with E-state index < -0.39 is 21.3 Å². The minimum atomic E-state index is -3.84. The van der Waals surface area contributed by atoms with Gasteiger partial charge >= 0.3 is 0 Å². The molecule has 0 atom stereocenters.